The van der Waals surface area contributed by atoms with Gasteiger partial charge in [-0.25, -0.2) is 0 Å². The minimum absolute atomic E-state index is 1.09. The van der Waals surface area contributed by atoms with E-state index in [-0.39, 0.29) is 0 Å². The lowest BCUT2D eigenvalue weighted by Crippen LogP contribution is -2.09. The number of nitrogens with one attached hydrogen (secondary N) is 1. The van der Waals surface area contributed by atoms with Crippen LogP contribution < -0.4 is 5.32 Å². The van der Waals surface area contributed by atoms with Gasteiger partial charge in [0.15, 0.2) is 0 Å². The van der Waals surface area contributed by atoms with Crippen molar-refractivity contribution >= 4 is 29.6 Å². The van der Waals surface area contributed by atoms with Gasteiger partial charge in [0.25, 0.3) is 0 Å². The fourth-order valence-electron chi connectivity index (χ4n) is 0.250. The van der Waals surface area contributed by atoms with Gasteiger partial charge in [-0.2, -0.15) is 8.42 Å². The maximum absolute atomic E-state index is 9.16. The van der Waals surface area contributed by atoms with Crippen LogP contribution >= 0.6 is 21.4 Å². The summed E-state index contributed by atoms with van der Waals surface area (Å²) in [5.41, 5.74) is 0. The second-order valence-electron chi connectivity index (χ2n) is 1.34. The van der Waals surface area contributed by atoms with Crippen molar-refractivity contribution in [3.05, 3.63) is 0 Å². The van der Waals surface area contributed by atoms with E-state index in [0.717, 1.165) is 13.1 Å². The molecule has 0 rings (SSSR count). The standard InChI is InChI=1S/C4H11N.Cl2O2S/c1-3-5-4-2;1-5(2,3)4/h5H,3-4H2,1-2H3;. The van der Waals surface area contributed by atoms with Crippen molar-refractivity contribution in [3.8, 4) is 0 Å². The maximum atomic E-state index is 9.16. The Morgan fingerprint density at radius 2 is 1.40 bits per heavy atom. The fourth-order valence-corrected chi connectivity index (χ4v) is 0.250. The Kier molecular flexibility index (Phi) is 9.96. The maximum Gasteiger partial charge on any atom is 0.317 e. The third-order valence-corrected chi connectivity index (χ3v) is 0.500. The Hall–Kier alpha value is 0.490. The van der Waals surface area contributed by atoms with Crippen LogP contribution in [0.4, 0.5) is 0 Å². The lowest BCUT2D eigenvalue weighted by atomic mass is 10.7. The molecule has 0 bridgehead atoms. The van der Waals surface area contributed by atoms with E-state index < -0.39 is 8.26 Å². The van der Waals surface area contributed by atoms with E-state index in [2.05, 4.69) is 40.5 Å². The average molecular weight is 208 g/mol. The summed E-state index contributed by atoms with van der Waals surface area (Å²) in [6.07, 6.45) is 0. The van der Waals surface area contributed by atoms with E-state index >= 15 is 0 Å². The quantitative estimate of drug-likeness (QED) is 0.696. The molecule has 0 saturated heterocycles. The summed E-state index contributed by atoms with van der Waals surface area (Å²) in [7, 11) is 4.81. The predicted molar refractivity (Wildman–Crippen MR) is 44.8 cm³/mol. The minimum Gasteiger partial charge on any atom is -0.317 e. The van der Waals surface area contributed by atoms with E-state index in [4.69, 9.17) is 8.42 Å². The van der Waals surface area contributed by atoms with Crippen LogP contribution in [0.1, 0.15) is 13.8 Å². The first-order chi connectivity index (χ1) is 4.41. The molecule has 0 fully saturated rings. The Morgan fingerprint density at radius 1 is 1.20 bits per heavy atom. The van der Waals surface area contributed by atoms with Gasteiger partial charge < -0.3 is 5.32 Å². The number of halogens is 2. The van der Waals surface area contributed by atoms with E-state index in [1.807, 2.05) is 0 Å². The predicted octanol–water partition coefficient (Wildman–Crippen LogP) is 1.32. The topological polar surface area (TPSA) is 46.2 Å². The zero-order valence-corrected chi connectivity index (χ0v) is 8.22. The molecular weight excluding hydrogens is 197 g/mol. The summed E-state index contributed by atoms with van der Waals surface area (Å²) in [6.45, 7) is 6.39. The van der Waals surface area contributed by atoms with Crippen molar-refractivity contribution < 1.29 is 8.42 Å². The van der Waals surface area contributed by atoms with Crippen molar-refractivity contribution in [1.82, 2.24) is 5.32 Å². The summed E-state index contributed by atoms with van der Waals surface area (Å²) in [5, 5.41) is 3.11. The second-order valence-corrected chi connectivity index (χ2v) is 5.00. The van der Waals surface area contributed by atoms with Gasteiger partial charge in [0, 0.05) is 21.4 Å². The zero-order valence-electron chi connectivity index (χ0n) is 5.89. The minimum atomic E-state index is -3.72. The molecule has 0 aromatic carbocycles. The average Bonchev–Trinajstić information content (AvgIpc) is 1.63. The molecule has 0 unspecified atom stereocenters. The van der Waals surface area contributed by atoms with Crippen LogP contribution in [0.2, 0.25) is 0 Å². The summed E-state index contributed by atoms with van der Waals surface area (Å²) in [4.78, 5) is 0. The first-order valence-electron chi connectivity index (χ1n) is 2.76. The van der Waals surface area contributed by atoms with Gasteiger partial charge in [-0.1, -0.05) is 13.8 Å². The van der Waals surface area contributed by atoms with Crippen molar-refractivity contribution in [2.45, 2.75) is 13.8 Å². The highest BCUT2D eigenvalue weighted by Gasteiger charge is 1.88. The van der Waals surface area contributed by atoms with Crippen LogP contribution in [0.15, 0.2) is 0 Å². The molecule has 64 valence electrons. The smallest absolute Gasteiger partial charge is 0.317 e. The molecule has 0 radical (unpaired) electrons. The molecular formula is C4H11Cl2NO2S. The largest absolute Gasteiger partial charge is 0.317 e. The molecule has 0 heterocycles. The molecule has 0 aliphatic carbocycles. The summed E-state index contributed by atoms with van der Waals surface area (Å²) < 4.78 is 18.3. The number of rotatable bonds is 2. The van der Waals surface area contributed by atoms with E-state index in [0.29, 0.717) is 0 Å². The van der Waals surface area contributed by atoms with Crippen molar-refractivity contribution in [1.29, 1.82) is 0 Å². The van der Waals surface area contributed by atoms with E-state index in [9.17, 15) is 0 Å². The zero-order chi connectivity index (χ0) is 8.62. The molecule has 10 heavy (non-hydrogen) atoms. The molecule has 0 aromatic heterocycles. The molecule has 0 aromatic rings. The van der Waals surface area contributed by atoms with Crippen LogP contribution in [-0.4, -0.2) is 21.5 Å². The SMILES string of the molecule is CCNCC.O=S(=O)(Cl)Cl. The van der Waals surface area contributed by atoms with E-state index in [1.54, 1.807) is 0 Å². The van der Waals surface area contributed by atoms with Gasteiger partial charge in [0.05, 0.1) is 0 Å². The Bertz CT molecular complexity index is 135. The summed E-state index contributed by atoms with van der Waals surface area (Å²) in [6, 6.07) is 0. The van der Waals surface area contributed by atoms with Crippen molar-refractivity contribution in [2.75, 3.05) is 13.1 Å². The second kappa shape index (κ2) is 7.60. The van der Waals surface area contributed by atoms with Crippen molar-refractivity contribution in [2.24, 2.45) is 0 Å². The first kappa shape index (κ1) is 13.1. The van der Waals surface area contributed by atoms with Crippen LogP contribution in [0.5, 0.6) is 0 Å². The number of hydrogen-bond donors (Lipinski definition) is 1. The van der Waals surface area contributed by atoms with Gasteiger partial charge in [-0.15, -0.1) is 0 Å². The highest BCUT2D eigenvalue weighted by atomic mass is 36.0. The van der Waals surface area contributed by atoms with E-state index in [1.165, 1.54) is 0 Å². The van der Waals surface area contributed by atoms with Crippen molar-refractivity contribution in [3.63, 3.8) is 0 Å². The van der Waals surface area contributed by atoms with Gasteiger partial charge >= 0.3 is 8.26 Å². The van der Waals surface area contributed by atoms with Crippen LogP contribution in [0, 0.1) is 0 Å². The highest BCUT2D eigenvalue weighted by molar-refractivity contribution is 8.31. The van der Waals surface area contributed by atoms with Gasteiger partial charge in [0.2, 0.25) is 0 Å². The summed E-state index contributed by atoms with van der Waals surface area (Å²) in [5.74, 6) is 0. The molecule has 0 spiro atoms. The first-order valence-corrected chi connectivity index (χ1v) is 5.90. The molecule has 6 heteroatoms. The number of hydrogen-bond acceptors (Lipinski definition) is 3. The van der Waals surface area contributed by atoms with Crippen LogP contribution in [0.3, 0.4) is 0 Å². The van der Waals surface area contributed by atoms with Gasteiger partial charge in [-0.3, -0.25) is 0 Å². The Labute approximate surface area is 70.6 Å². The lowest BCUT2D eigenvalue weighted by Gasteiger charge is -1.86. The molecule has 0 amide bonds. The van der Waals surface area contributed by atoms with Gasteiger partial charge in [0.1, 0.15) is 0 Å². The fraction of sp³-hybridized carbons (Fsp3) is 1.00. The Balaban J connectivity index is 0. The molecule has 1 N–H and O–H groups in total. The molecule has 0 aliphatic rings. The molecule has 0 atom stereocenters. The summed E-state index contributed by atoms with van der Waals surface area (Å²) >= 11 is 0. The van der Waals surface area contributed by atoms with Crippen LogP contribution in [0.25, 0.3) is 0 Å². The molecule has 0 aliphatic heterocycles. The normalized spacial score (nSPS) is 10.0. The Morgan fingerprint density at radius 3 is 1.40 bits per heavy atom. The van der Waals surface area contributed by atoms with Gasteiger partial charge in [-0.05, 0) is 13.1 Å². The third-order valence-electron chi connectivity index (χ3n) is 0.500. The lowest BCUT2D eigenvalue weighted by molar-refractivity contribution is 0.621. The highest BCUT2D eigenvalue weighted by Crippen LogP contribution is 1.98. The third kappa shape index (κ3) is 76.8. The monoisotopic (exact) mass is 207 g/mol. The molecule has 3 nitrogen and oxygen atoms in total. The molecule has 0 saturated carbocycles. The van der Waals surface area contributed by atoms with Crippen LogP contribution in [-0.2, 0) is 8.26 Å².